The molecule has 0 saturated heterocycles. The summed E-state index contributed by atoms with van der Waals surface area (Å²) in [4.78, 5) is 12.0. The van der Waals surface area contributed by atoms with E-state index in [1.165, 1.54) is 12.1 Å². The third kappa shape index (κ3) is 6.94. The van der Waals surface area contributed by atoms with E-state index in [-0.39, 0.29) is 24.6 Å². The maximum absolute atomic E-state index is 12.1. The topological polar surface area (TPSA) is 58.6 Å². The van der Waals surface area contributed by atoms with Crippen molar-refractivity contribution in [2.75, 3.05) is 6.54 Å². The minimum Gasteiger partial charge on any atom is -0.406 e. The molecular formula is C20H22F3NO3. The van der Waals surface area contributed by atoms with Crippen LogP contribution in [0.25, 0.3) is 0 Å². The molecule has 0 saturated carbocycles. The molecule has 2 aromatic rings. The summed E-state index contributed by atoms with van der Waals surface area (Å²) >= 11 is 0. The van der Waals surface area contributed by atoms with Crippen LogP contribution in [-0.4, -0.2) is 23.9 Å². The fraction of sp³-hybridized carbons (Fsp3) is 0.350. The molecule has 0 spiro atoms. The van der Waals surface area contributed by atoms with Crippen LogP contribution < -0.4 is 10.1 Å². The van der Waals surface area contributed by atoms with Crippen molar-refractivity contribution in [3.8, 4) is 5.75 Å². The summed E-state index contributed by atoms with van der Waals surface area (Å²) in [5.41, 5.74) is 3.77. The summed E-state index contributed by atoms with van der Waals surface area (Å²) in [5.74, 6) is -0.568. The molecule has 2 rings (SSSR count). The summed E-state index contributed by atoms with van der Waals surface area (Å²) < 4.78 is 40.2. The maximum atomic E-state index is 12.1. The van der Waals surface area contributed by atoms with Crippen LogP contribution in [0.5, 0.6) is 5.75 Å². The Bertz CT molecular complexity index is 773. The molecular weight excluding hydrogens is 359 g/mol. The molecule has 146 valence electrons. The lowest BCUT2D eigenvalue weighted by Gasteiger charge is -2.14. The molecule has 0 heterocycles. The molecule has 27 heavy (non-hydrogen) atoms. The van der Waals surface area contributed by atoms with Crippen molar-refractivity contribution in [1.82, 2.24) is 5.32 Å². The number of amides is 1. The van der Waals surface area contributed by atoms with Crippen molar-refractivity contribution in [1.29, 1.82) is 0 Å². The van der Waals surface area contributed by atoms with E-state index in [1.54, 1.807) is 0 Å². The summed E-state index contributed by atoms with van der Waals surface area (Å²) in [6.45, 7) is 3.98. The summed E-state index contributed by atoms with van der Waals surface area (Å²) in [5, 5.41) is 12.7. The van der Waals surface area contributed by atoms with E-state index in [9.17, 15) is 23.1 Å². The van der Waals surface area contributed by atoms with Gasteiger partial charge in [-0.15, -0.1) is 13.2 Å². The third-order valence-corrected chi connectivity index (χ3v) is 4.11. The first kappa shape index (κ1) is 20.8. The zero-order valence-electron chi connectivity index (χ0n) is 15.1. The number of halogens is 3. The first-order chi connectivity index (χ1) is 12.6. The summed E-state index contributed by atoms with van der Waals surface area (Å²) in [6, 6.07) is 10.9. The van der Waals surface area contributed by atoms with Gasteiger partial charge in [-0.1, -0.05) is 35.9 Å². The van der Waals surface area contributed by atoms with Gasteiger partial charge in [-0.2, -0.15) is 0 Å². The Labute approximate surface area is 156 Å². The zero-order valence-corrected chi connectivity index (χ0v) is 15.1. The van der Waals surface area contributed by atoms with Gasteiger partial charge in [-0.3, -0.25) is 4.79 Å². The summed E-state index contributed by atoms with van der Waals surface area (Å²) in [6.07, 6.45) is -4.90. The Hall–Kier alpha value is -2.54. The van der Waals surface area contributed by atoms with E-state index < -0.39 is 12.5 Å². The maximum Gasteiger partial charge on any atom is 0.573 e. The average Bonchev–Trinajstić information content (AvgIpc) is 2.58. The number of aliphatic hydroxyl groups is 1. The van der Waals surface area contributed by atoms with E-state index in [4.69, 9.17) is 0 Å². The average molecular weight is 381 g/mol. The van der Waals surface area contributed by atoms with Crippen LogP contribution >= 0.6 is 0 Å². The second-order valence-electron chi connectivity index (χ2n) is 6.37. The molecule has 0 aliphatic heterocycles. The molecule has 1 unspecified atom stereocenters. The van der Waals surface area contributed by atoms with E-state index in [2.05, 4.69) is 16.1 Å². The lowest BCUT2D eigenvalue weighted by molar-refractivity contribution is -0.274. The molecule has 1 amide bonds. The Morgan fingerprint density at radius 2 is 1.81 bits per heavy atom. The Kier molecular flexibility index (Phi) is 6.85. The highest BCUT2D eigenvalue weighted by molar-refractivity contribution is 5.76. The van der Waals surface area contributed by atoms with E-state index in [0.29, 0.717) is 12.0 Å². The second-order valence-corrected chi connectivity index (χ2v) is 6.37. The van der Waals surface area contributed by atoms with Crippen LogP contribution in [0.2, 0.25) is 0 Å². The molecule has 2 N–H and O–H groups in total. The molecule has 4 nitrogen and oxygen atoms in total. The Morgan fingerprint density at radius 1 is 1.15 bits per heavy atom. The number of aliphatic hydroxyl groups excluding tert-OH is 1. The minimum atomic E-state index is -4.76. The van der Waals surface area contributed by atoms with Crippen molar-refractivity contribution in [3.05, 3.63) is 64.7 Å². The quantitative estimate of drug-likeness (QED) is 0.763. The normalized spacial score (nSPS) is 12.5. The number of hydrogen-bond donors (Lipinski definition) is 2. The SMILES string of the molecule is Cc1ccc(CCC(=O)NCC(O)c2ccc(OC(F)(F)F)cc2)c(C)c1. The fourth-order valence-corrected chi connectivity index (χ4v) is 2.68. The van der Waals surface area contributed by atoms with Crippen molar-refractivity contribution in [3.63, 3.8) is 0 Å². The van der Waals surface area contributed by atoms with Crippen molar-refractivity contribution in [2.45, 2.75) is 39.2 Å². The third-order valence-electron chi connectivity index (χ3n) is 4.11. The van der Waals surface area contributed by atoms with Gasteiger partial charge in [0.05, 0.1) is 6.10 Å². The van der Waals surface area contributed by atoms with Crippen LogP contribution in [-0.2, 0) is 11.2 Å². The Morgan fingerprint density at radius 3 is 2.41 bits per heavy atom. The van der Waals surface area contributed by atoms with Gasteiger partial charge < -0.3 is 15.2 Å². The van der Waals surface area contributed by atoms with Gasteiger partial charge in [0.25, 0.3) is 0 Å². The van der Waals surface area contributed by atoms with E-state index in [1.807, 2.05) is 26.0 Å². The molecule has 0 bridgehead atoms. The molecule has 0 aromatic heterocycles. The van der Waals surface area contributed by atoms with E-state index >= 15 is 0 Å². The van der Waals surface area contributed by atoms with Gasteiger partial charge in [0.15, 0.2) is 0 Å². The molecule has 7 heteroatoms. The zero-order chi connectivity index (χ0) is 20.0. The van der Waals surface area contributed by atoms with Crippen LogP contribution in [0, 0.1) is 13.8 Å². The highest BCUT2D eigenvalue weighted by atomic mass is 19.4. The van der Waals surface area contributed by atoms with Crippen molar-refractivity contribution in [2.24, 2.45) is 0 Å². The number of carbonyl (C=O) groups excluding carboxylic acids is 1. The van der Waals surface area contributed by atoms with Crippen LogP contribution in [0.4, 0.5) is 13.2 Å². The molecule has 2 aromatic carbocycles. The highest BCUT2D eigenvalue weighted by Gasteiger charge is 2.31. The molecule has 0 aliphatic rings. The predicted molar refractivity (Wildman–Crippen MR) is 95.3 cm³/mol. The van der Waals surface area contributed by atoms with Gasteiger partial charge in [0.2, 0.25) is 5.91 Å². The smallest absolute Gasteiger partial charge is 0.406 e. The van der Waals surface area contributed by atoms with Gasteiger partial charge in [-0.25, -0.2) is 0 Å². The largest absolute Gasteiger partial charge is 0.573 e. The molecule has 0 radical (unpaired) electrons. The first-order valence-corrected chi connectivity index (χ1v) is 8.50. The second kappa shape index (κ2) is 8.90. The number of rotatable bonds is 7. The molecule has 1 atom stereocenters. The number of nitrogens with one attached hydrogen (secondary N) is 1. The number of ether oxygens (including phenoxy) is 1. The van der Waals surface area contributed by atoms with Crippen LogP contribution in [0.1, 0.15) is 34.8 Å². The molecule has 0 aliphatic carbocycles. The number of hydrogen-bond acceptors (Lipinski definition) is 3. The van der Waals surface area contributed by atoms with Gasteiger partial charge in [0, 0.05) is 13.0 Å². The van der Waals surface area contributed by atoms with Gasteiger partial charge in [-0.05, 0) is 49.1 Å². The summed E-state index contributed by atoms with van der Waals surface area (Å²) in [7, 11) is 0. The first-order valence-electron chi connectivity index (χ1n) is 8.50. The monoisotopic (exact) mass is 381 g/mol. The number of alkyl halides is 3. The standard InChI is InChI=1S/C20H22F3NO3/c1-13-3-4-15(14(2)11-13)7-10-19(26)24-12-18(25)16-5-8-17(9-6-16)27-20(21,22)23/h3-6,8-9,11,18,25H,7,10,12H2,1-2H3,(H,24,26). The van der Waals surface area contributed by atoms with Crippen LogP contribution in [0.3, 0.4) is 0 Å². The molecule has 0 fully saturated rings. The lowest BCUT2D eigenvalue weighted by atomic mass is 10.0. The fourth-order valence-electron chi connectivity index (χ4n) is 2.68. The number of benzene rings is 2. The van der Waals surface area contributed by atoms with Gasteiger partial charge >= 0.3 is 6.36 Å². The minimum absolute atomic E-state index is 0.0226. The number of carbonyl (C=O) groups is 1. The number of aryl methyl sites for hydroxylation is 3. The van der Waals surface area contributed by atoms with E-state index in [0.717, 1.165) is 28.8 Å². The van der Waals surface area contributed by atoms with Crippen molar-refractivity contribution >= 4 is 5.91 Å². The lowest BCUT2D eigenvalue weighted by Crippen LogP contribution is -2.28. The highest BCUT2D eigenvalue weighted by Crippen LogP contribution is 2.24. The van der Waals surface area contributed by atoms with Gasteiger partial charge in [0.1, 0.15) is 5.75 Å². The van der Waals surface area contributed by atoms with Crippen molar-refractivity contribution < 1.29 is 27.8 Å². The Balaban J connectivity index is 1.80. The van der Waals surface area contributed by atoms with Crippen LogP contribution in [0.15, 0.2) is 42.5 Å². The predicted octanol–water partition coefficient (Wildman–Crippen LogP) is 3.98.